The number of benzene rings is 1. The summed E-state index contributed by atoms with van der Waals surface area (Å²) in [5, 5.41) is 6.90. The summed E-state index contributed by atoms with van der Waals surface area (Å²) in [5.74, 6) is 0. The molecule has 2 aromatic heterocycles. The molecule has 0 spiro atoms. The normalized spacial score (nSPS) is 12.7. The van der Waals surface area contributed by atoms with Crippen LogP contribution < -0.4 is 5.32 Å². The van der Waals surface area contributed by atoms with Gasteiger partial charge in [0.2, 0.25) is 0 Å². The Morgan fingerprint density at radius 2 is 2.10 bits per heavy atom. The average Bonchev–Trinajstić information content (AvgIpc) is 2.99. The molecule has 3 aromatic rings. The zero-order valence-electron chi connectivity index (χ0n) is 11.8. The van der Waals surface area contributed by atoms with E-state index in [1.54, 1.807) is 11.3 Å². The van der Waals surface area contributed by atoms with Crippen LogP contribution in [0, 0.1) is 6.92 Å². The summed E-state index contributed by atoms with van der Waals surface area (Å²) in [6.07, 6.45) is 0. The summed E-state index contributed by atoms with van der Waals surface area (Å²) in [6, 6.07) is 15.4. The van der Waals surface area contributed by atoms with E-state index in [9.17, 15) is 0 Å². The highest BCUT2D eigenvalue weighted by Gasteiger charge is 2.05. The number of nitrogens with zero attached hydrogens (tertiary/aromatic N) is 1. The van der Waals surface area contributed by atoms with Gasteiger partial charge in [-0.1, -0.05) is 18.2 Å². The Kier molecular flexibility index (Phi) is 3.81. The van der Waals surface area contributed by atoms with Crippen LogP contribution in [-0.2, 0) is 6.54 Å². The Morgan fingerprint density at radius 3 is 2.90 bits per heavy atom. The molecule has 2 heterocycles. The third kappa shape index (κ3) is 2.89. The second-order valence-electron chi connectivity index (χ2n) is 5.10. The fourth-order valence-corrected chi connectivity index (χ4v) is 3.05. The number of pyridine rings is 1. The van der Waals surface area contributed by atoms with Crippen molar-refractivity contribution in [3.05, 3.63) is 64.0 Å². The van der Waals surface area contributed by atoms with E-state index >= 15 is 0 Å². The molecule has 3 heteroatoms. The zero-order chi connectivity index (χ0) is 13.9. The van der Waals surface area contributed by atoms with Crippen molar-refractivity contribution in [1.29, 1.82) is 0 Å². The summed E-state index contributed by atoms with van der Waals surface area (Å²) in [5.41, 5.74) is 3.43. The lowest BCUT2D eigenvalue weighted by atomic mass is 10.1. The van der Waals surface area contributed by atoms with Gasteiger partial charge in [0.25, 0.3) is 0 Å². The lowest BCUT2D eigenvalue weighted by molar-refractivity contribution is 0.583. The number of thiophene rings is 1. The highest BCUT2D eigenvalue weighted by atomic mass is 32.1. The van der Waals surface area contributed by atoms with Crippen molar-refractivity contribution in [2.45, 2.75) is 26.4 Å². The van der Waals surface area contributed by atoms with E-state index in [0.29, 0.717) is 6.04 Å². The lowest BCUT2D eigenvalue weighted by Crippen LogP contribution is -2.17. The third-order valence-corrected chi connectivity index (χ3v) is 4.53. The molecule has 0 saturated heterocycles. The van der Waals surface area contributed by atoms with E-state index in [1.807, 2.05) is 6.92 Å². The van der Waals surface area contributed by atoms with Gasteiger partial charge in [0.1, 0.15) is 0 Å². The zero-order valence-corrected chi connectivity index (χ0v) is 12.6. The molecule has 20 heavy (non-hydrogen) atoms. The predicted octanol–water partition coefficient (Wildman–Crippen LogP) is 4.46. The molecular weight excluding hydrogens is 264 g/mol. The highest BCUT2D eigenvalue weighted by Crippen LogP contribution is 2.19. The van der Waals surface area contributed by atoms with Crippen molar-refractivity contribution in [2.75, 3.05) is 0 Å². The fraction of sp³-hybridized carbons (Fsp3) is 0.235. The van der Waals surface area contributed by atoms with Gasteiger partial charge in [-0.2, -0.15) is 0 Å². The molecule has 102 valence electrons. The van der Waals surface area contributed by atoms with Crippen LogP contribution in [0.3, 0.4) is 0 Å². The lowest BCUT2D eigenvalue weighted by Gasteiger charge is -2.12. The number of aryl methyl sites for hydroxylation is 1. The van der Waals surface area contributed by atoms with E-state index in [-0.39, 0.29) is 0 Å². The van der Waals surface area contributed by atoms with Crippen LogP contribution in [0.2, 0.25) is 0 Å². The maximum atomic E-state index is 4.53. The van der Waals surface area contributed by atoms with Crippen LogP contribution in [0.25, 0.3) is 10.9 Å². The summed E-state index contributed by atoms with van der Waals surface area (Å²) in [6.45, 7) is 5.11. The van der Waals surface area contributed by atoms with Crippen molar-refractivity contribution in [3.8, 4) is 0 Å². The van der Waals surface area contributed by atoms with Crippen molar-refractivity contribution in [1.82, 2.24) is 10.3 Å². The number of nitrogens with one attached hydrogen (secondary N) is 1. The smallest absolute Gasteiger partial charge is 0.0705 e. The Hall–Kier alpha value is -1.71. The molecule has 0 aliphatic rings. The summed E-state index contributed by atoms with van der Waals surface area (Å²) in [7, 11) is 0. The molecule has 3 rings (SSSR count). The van der Waals surface area contributed by atoms with E-state index in [0.717, 1.165) is 17.8 Å². The van der Waals surface area contributed by atoms with E-state index in [2.05, 4.69) is 65.1 Å². The number of aromatic nitrogens is 1. The minimum absolute atomic E-state index is 0.391. The molecule has 0 aliphatic carbocycles. The van der Waals surface area contributed by atoms with E-state index in [4.69, 9.17) is 0 Å². The maximum Gasteiger partial charge on any atom is 0.0705 e. The molecule has 0 aliphatic heterocycles. The number of hydrogen-bond donors (Lipinski definition) is 1. The largest absolute Gasteiger partial charge is 0.305 e. The first-order valence-electron chi connectivity index (χ1n) is 6.85. The molecule has 0 bridgehead atoms. The summed E-state index contributed by atoms with van der Waals surface area (Å²) >= 11 is 1.80. The van der Waals surface area contributed by atoms with Crippen molar-refractivity contribution >= 4 is 22.2 Å². The quantitative estimate of drug-likeness (QED) is 0.764. The van der Waals surface area contributed by atoms with Gasteiger partial charge in [-0.25, -0.2) is 0 Å². The standard InChI is InChI=1S/C17H18N2S/c1-12-5-7-15-10-14(6-8-16(15)19-12)11-18-13(2)17-4-3-9-20-17/h3-10,13,18H,11H2,1-2H3/t13-/m1/s1. The SMILES string of the molecule is Cc1ccc2cc(CN[C@H](C)c3cccs3)ccc2n1. The van der Waals surface area contributed by atoms with Crippen molar-refractivity contribution in [2.24, 2.45) is 0 Å². The van der Waals surface area contributed by atoms with Gasteiger partial charge >= 0.3 is 0 Å². The van der Waals surface area contributed by atoms with Crippen LogP contribution >= 0.6 is 11.3 Å². The van der Waals surface area contributed by atoms with E-state index < -0.39 is 0 Å². The molecule has 0 fully saturated rings. The van der Waals surface area contributed by atoms with Crippen molar-refractivity contribution in [3.63, 3.8) is 0 Å². The first-order chi connectivity index (χ1) is 9.72. The van der Waals surface area contributed by atoms with Gasteiger partial charge in [-0.15, -0.1) is 11.3 Å². The Balaban J connectivity index is 1.73. The minimum atomic E-state index is 0.391. The van der Waals surface area contributed by atoms with E-state index in [1.165, 1.54) is 15.8 Å². The summed E-state index contributed by atoms with van der Waals surface area (Å²) < 4.78 is 0. The predicted molar refractivity (Wildman–Crippen MR) is 86.1 cm³/mol. The van der Waals surface area contributed by atoms with Gasteiger partial charge in [0.15, 0.2) is 0 Å². The average molecular weight is 282 g/mol. The molecule has 1 aromatic carbocycles. The van der Waals surface area contributed by atoms with Gasteiger partial charge in [-0.3, -0.25) is 4.98 Å². The second-order valence-corrected chi connectivity index (χ2v) is 6.08. The minimum Gasteiger partial charge on any atom is -0.305 e. The first-order valence-corrected chi connectivity index (χ1v) is 7.73. The number of hydrogen-bond acceptors (Lipinski definition) is 3. The molecule has 0 unspecified atom stereocenters. The van der Waals surface area contributed by atoms with Gasteiger partial charge in [0.05, 0.1) is 5.52 Å². The van der Waals surface area contributed by atoms with Crippen molar-refractivity contribution < 1.29 is 0 Å². The fourth-order valence-electron chi connectivity index (χ4n) is 2.30. The molecule has 0 amide bonds. The maximum absolute atomic E-state index is 4.53. The Morgan fingerprint density at radius 1 is 1.20 bits per heavy atom. The summed E-state index contributed by atoms with van der Waals surface area (Å²) in [4.78, 5) is 5.91. The van der Waals surface area contributed by atoms with Crippen LogP contribution in [0.1, 0.15) is 29.1 Å². The van der Waals surface area contributed by atoms with Crippen LogP contribution in [-0.4, -0.2) is 4.98 Å². The molecule has 2 nitrogen and oxygen atoms in total. The van der Waals surface area contributed by atoms with Gasteiger partial charge in [-0.05, 0) is 49.1 Å². The first kappa shape index (κ1) is 13.3. The second kappa shape index (κ2) is 5.73. The number of rotatable bonds is 4. The molecule has 0 saturated carbocycles. The highest BCUT2D eigenvalue weighted by molar-refractivity contribution is 7.10. The number of fused-ring (bicyclic) bond motifs is 1. The van der Waals surface area contributed by atoms with Crippen LogP contribution in [0.4, 0.5) is 0 Å². The van der Waals surface area contributed by atoms with Gasteiger partial charge in [0, 0.05) is 28.5 Å². The molecule has 1 atom stereocenters. The third-order valence-electron chi connectivity index (χ3n) is 3.48. The molecule has 1 N–H and O–H groups in total. The monoisotopic (exact) mass is 282 g/mol. The van der Waals surface area contributed by atoms with Crippen LogP contribution in [0.15, 0.2) is 47.8 Å². The van der Waals surface area contributed by atoms with Crippen LogP contribution in [0.5, 0.6) is 0 Å². The Bertz CT molecular complexity index is 704. The topological polar surface area (TPSA) is 24.9 Å². The molecular formula is C17H18N2S. The Labute approximate surface area is 123 Å². The van der Waals surface area contributed by atoms with Gasteiger partial charge < -0.3 is 5.32 Å². The molecule has 0 radical (unpaired) electrons.